The summed E-state index contributed by atoms with van der Waals surface area (Å²) in [5, 5.41) is 22.2. The van der Waals surface area contributed by atoms with Crippen LogP contribution in [0.4, 0.5) is 15.2 Å². The highest BCUT2D eigenvalue weighted by molar-refractivity contribution is 7.22. The van der Waals surface area contributed by atoms with Gasteiger partial charge in [0.25, 0.3) is 11.5 Å². The van der Waals surface area contributed by atoms with Crippen LogP contribution in [-0.2, 0) is 9.59 Å². The summed E-state index contributed by atoms with van der Waals surface area (Å²) in [5.41, 5.74) is 0.680. The molecule has 0 radical (unpaired) electrons. The average Bonchev–Trinajstić information content (AvgIpc) is 3.37. The molecule has 0 bridgehead atoms. The van der Waals surface area contributed by atoms with E-state index in [-0.39, 0.29) is 22.0 Å². The SMILES string of the molecule is O=C1C(=O)N(c2nc3ccc([N+](=O)[O-])cc3s2)C(c2cccnc2)/C1=C(\O)c1ccc(F)cc1. The number of halogens is 1. The fourth-order valence-electron chi connectivity index (χ4n) is 3.76. The Kier molecular flexibility index (Phi) is 5.10. The third kappa shape index (κ3) is 3.48. The third-order valence-corrected chi connectivity index (χ3v) is 6.36. The second-order valence-electron chi connectivity index (χ2n) is 7.37. The van der Waals surface area contributed by atoms with E-state index in [1.54, 1.807) is 12.1 Å². The molecule has 1 aliphatic heterocycles. The van der Waals surface area contributed by atoms with Gasteiger partial charge in [0, 0.05) is 30.1 Å². The molecule has 1 amide bonds. The Bertz CT molecular complexity index is 1500. The zero-order valence-corrected chi connectivity index (χ0v) is 17.9. The number of thiazole rings is 1. The number of aromatic nitrogens is 2. The van der Waals surface area contributed by atoms with Gasteiger partial charge in [0.15, 0.2) is 5.13 Å². The van der Waals surface area contributed by atoms with Crippen molar-refractivity contribution in [1.29, 1.82) is 0 Å². The second kappa shape index (κ2) is 8.12. The molecule has 34 heavy (non-hydrogen) atoms. The smallest absolute Gasteiger partial charge is 0.301 e. The highest BCUT2D eigenvalue weighted by Crippen LogP contribution is 2.44. The quantitative estimate of drug-likeness (QED) is 0.152. The van der Waals surface area contributed by atoms with E-state index >= 15 is 0 Å². The topological polar surface area (TPSA) is 127 Å². The second-order valence-corrected chi connectivity index (χ2v) is 8.38. The van der Waals surface area contributed by atoms with Crippen LogP contribution in [-0.4, -0.2) is 31.7 Å². The van der Waals surface area contributed by atoms with Crippen LogP contribution < -0.4 is 4.90 Å². The van der Waals surface area contributed by atoms with E-state index in [1.165, 1.54) is 42.7 Å². The molecule has 1 N–H and O–H groups in total. The minimum absolute atomic E-state index is 0.129. The first-order valence-corrected chi connectivity index (χ1v) is 10.7. The number of rotatable bonds is 4. The predicted molar refractivity (Wildman–Crippen MR) is 122 cm³/mol. The van der Waals surface area contributed by atoms with Gasteiger partial charge < -0.3 is 5.11 Å². The number of hydrogen-bond donors (Lipinski definition) is 1. The molecule has 2 aromatic carbocycles. The van der Waals surface area contributed by atoms with Gasteiger partial charge in [-0.3, -0.25) is 29.6 Å². The summed E-state index contributed by atoms with van der Waals surface area (Å²) in [6, 6.07) is 11.2. The molecular formula is C23H13FN4O5S. The number of aliphatic hydroxyl groups is 1. The van der Waals surface area contributed by atoms with Crippen molar-refractivity contribution in [3.8, 4) is 0 Å². The maximum absolute atomic E-state index is 13.4. The van der Waals surface area contributed by atoms with Crippen molar-refractivity contribution in [2.24, 2.45) is 0 Å². The van der Waals surface area contributed by atoms with Crippen LogP contribution in [0.1, 0.15) is 17.2 Å². The number of carbonyl (C=O) groups excluding carboxylic acids is 2. The largest absolute Gasteiger partial charge is 0.507 e. The normalized spacial score (nSPS) is 17.4. The zero-order valence-electron chi connectivity index (χ0n) is 17.1. The Hall–Kier alpha value is -4.51. The van der Waals surface area contributed by atoms with Gasteiger partial charge in [0.2, 0.25) is 0 Å². The Morgan fingerprint density at radius 3 is 2.59 bits per heavy atom. The summed E-state index contributed by atoms with van der Waals surface area (Å²) in [7, 11) is 0. The minimum atomic E-state index is -1.06. The van der Waals surface area contributed by atoms with Crippen molar-refractivity contribution < 1.29 is 24.0 Å². The van der Waals surface area contributed by atoms with Gasteiger partial charge in [-0.25, -0.2) is 9.37 Å². The lowest BCUT2D eigenvalue weighted by molar-refractivity contribution is -0.384. The van der Waals surface area contributed by atoms with Crippen molar-refractivity contribution >= 4 is 49.8 Å². The monoisotopic (exact) mass is 476 g/mol. The summed E-state index contributed by atoms with van der Waals surface area (Å²) < 4.78 is 13.8. The number of nitrogens with zero attached hydrogens (tertiary/aromatic N) is 4. The fraction of sp³-hybridized carbons (Fsp3) is 0.0435. The van der Waals surface area contributed by atoms with Gasteiger partial charge in [-0.1, -0.05) is 17.4 Å². The summed E-state index contributed by atoms with van der Waals surface area (Å²) in [6.45, 7) is 0. The van der Waals surface area contributed by atoms with Gasteiger partial charge in [-0.05, 0) is 42.0 Å². The van der Waals surface area contributed by atoms with Gasteiger partial charge >= 0.3 is 5.91 Å². The zero-order chi connectivity index (χ0) is 24.0. The number of anilines is 1. The van der Waals surface area contributed by atoms with Crippen molar-refractivity contribution in [2.75, 3.05) is 4.90 Å². The molecule has 0 saturated carbocycles. The average molecular weight is 476 g/mol. The molecule has 1 aliphatic rings. The Morgan fingerprint density at radius 2 is 1.91 bits per heavy atom. The number of benzene rings is 2. The van der Waals surface area contributed by atoms with Crippen LogP contribution in [0.3, 0.4) is 0 Å². The predicted octanol–water partition coefficient (Wildman–Crippen LogP) is 4.36. The number of Topliss-reactive ketones (excluding diaryl/α,β-unsaturated/α-hetero) is 1. The molecule has 5 rings (SSSR count). The Labute approximate surface area is 194 Å². The number of fused-ring (bicyclic) bond motifs is 1. The van der Waals surface area contributed by atoms with E-state index in [1.807, 2.05) is 0 Å². The summed E-state index contributed by atoms with van der Waals surface area (Å²) in [4.78, 5) is 46.5. The van der Waals surface area contributed by atoms with Crippen molar-refractivity contribution in [3.05, 3.63) is 99.6 Å². The van der Waals surface area contributed by atoms with Crippen molar-refractivity contribution in [3.63, 3.8) is 0 Å². The molecule has 3 heterocycles. The number of amides is 1. The van der Waals surface area contributed by atoms with Crippen LogP contribution in [0.2, 0.25) is 0 Å². The summed E-state index contributed by atoms with van der Waals surface area (Å²) >= 11 is 1.00. The van der Waals surface area contributed by atoms with Crippen molar-refractivity contribution in [2.45, 2.75) is 6.04 Å². The van der Waals surface area contributed by atoms with Crippen LogP contribution in [0.15, 0.2) is 72.6 Å². The summed E-state index contributed by atoms with van der Waals surface area (Å²) in [5.74, 6) is -2.86. The Balaban J connectivity index is 1.70. The first-order chi connectivity index (χ1) is 16.3. The maximum Gasteiger partial charge on any atom is 0.301 e. The first-order valence-electron chi connectivity index (χ1n) is 9.87. The lowest BCUT2D eigenvalue weighted by atomic mass is 9.96. The molecule has 168 valence electrons. The highest BCUT2D eigenvalue weighted by atomic mass is 32.1. The molecule has 1 saturated heterocycles. The van der Waals surface area contributed by atoms with Crippen molar-refractivity contribution in [1.82, 2.24) is 9.97 Å². The Morgan fingerprint density at radius 1 is 1.15 bits per heavy atom. The van der Waals surface area contributed by atoms with E-state index < -0.39 is 34.2 Å². The molecule has 1 unspecified atom stereocenters. The number of hydrogen-bond acceptors (Lipinski definition) is 8. The number of pyridine rings is 1. The van der Waals surface area contributed by atoms with Crippen LogP contribution in [0, 0.1) is 15.9 Å². The number of carbonyl (C=O) groups is 2. The van der Waals surface area contributed by atoms with E-state index in [9.17, 15) is 29.2 Å². The van der Waals surface area contributed by atoms with E-state index in [4.69, 9.17) is 0 Å². The molecule has 1 fully saturated rings. The lowest BCUT2D eigenvalue weighted by Gasteiger charge is -2.22. The van der Waals surface area contributed by atoms with Gasteiger partial charge in [-0.2, -0.15) is 0 Å². The molecule has 0 aliphatic carbocycles. The third-order valence-electron chi connectivity index (χ3n) is 5.34. The van der Waals surface area contributed by atoms with Crippen LogP contribution in [0.5, 0.6) is 0 Å². The molecular weight excluding hydrogens is 463 g/mol. The standard InChI is InChI=1S/C23H13FN4O5S/c24-14-5-3-12(4-6-14)20(29)18-19(13-2-1-9-25-11-13)27(22(31)21(18)30)23-26-16-8-7-15(28(32)33)10-17(16)34-23/h1-11,19,29H/b20-18+. The fourth-order valence-corrected chi connectivity index (χ4v) is 4.79. The number of ketones is 1. The molecule has 11 heteroatoms. The first kappa shape index (κ1) is 21.3. The number of aliphatic hydroxyl groups excluding tert-OH is 1. The maximum atomic E-state index is 13.4. The number of nitro groups is 1. The highest BCUT2D eigenvalue weighted by Gasteiger charge is 2.48. The molecule has 0 spiro atoms. The van der Waals surface area contributed by atoms with Gasteiger partial charge in [0.1, 0.15) is 11.6 Å². The molecule has 4 aromatic rings. The number of non-ortho nitro benzene ring substituents is 1. The van der Waals surface area contributed by atoms with Crippen LogP contribution in [0.25, 0.3) is 16.0 Å². The van der Waals surface area contributed by atoms with E-state index in [2.05, 4.69) is 9.97 Å². The molecule has 1 atom stereocenters. The lowest BCUT2D eigenvalue weighted by Crippen LogP contribution is -2.29. The molecule has 9 nitrogen and oxygen atoms in total. The van der Waals surface area contributed by atoms with Crippen LogP contribution >= 0.6 is 11.3 Å². The van der Waals surface area contributed by atoms with Gasteiger partial charge in [0.05, 0.1) is 26.8 Å². The molecule has 2 aromatic heterocycles. The van der Waals surface area contributed by atoms with Gasteiger partial charge in [-0.15, -0.1) is 0 Å². The summed E-state index contributed by atoms with van der Waals surface area (Å²) in [6.07, 6.45) is 2.98. The number of nitro benzene ring substituents is 1. The minimum Gasteiger partial charge on any atom is -0.507 e. The van der Waals surface area contributed by atoms with E-state index in [0.29, 0.717) is 15.8 Å². The van der Waals surface area contributed by atoms with E-state index in [0.717, 1.165) is 28.4 Å².